The lowest BCUT2D eigenvalue weighted by Crippen LogP contribution is -2.38. The summed E-state index contributed by atoms with van der Waals surface area (Å²) in [6, 6.07) is 0. The molecule has 76 valence electrons. The van der Waals surface area contributed by atoms with Crippen LogP contribution in [-0.4, -0.2) is 41.0 Å². The van der Waals surface area contributed by atoms with Crippen LogP contribution >= 0.6 is 0 Å². The third-order valence-electron chi connectivity index (χ3n) is 2.49. The molecule has 0 aromatic rings. The van der Waals surface area contributed by atoms with E-state index < -0.39 is 17.9 Å². The number of nitrogens with zero attached hydrogens (tertiary/aromatic N) is 1. The van der Waals surface area contributed by atoms with Crippen LogP contribution in [0.25, 0.3) is 0 Å². The smallest absolute Gasteiger partial charge is 0.315 e. The Morgan fingerprint density at radius 3 is 2.69 bits per heavy atom. The highest BCUT2D eigenvalue weighted by Gasteiger charge is 2.38. The molecule has 3 nitrogen and oxygen atoms in total. The van der Waals surface area contributed by atoms with Crippen LogP contribution < -0.4 is 0 Å². The fourth-order valence-corrected chi connectivity index (χ4v) is 1.47. The van der Waals surface area contributed by atoms with Gasteiger partial charge in [-0.25, -0.2) is 0 Å². The van der Waals surface area contributed by atoms with Crippen molar-refractivity contribution in [2.75, 3.05) is 13.1 Å². The Hall–Kier alpha value is -0.710. The summed E-state index contributed by atoms with van der Waals surface area (Å²) < 4.78 is 23.9. The van der Waals surface area contributed by atoms with E-state index in [0.717, 1.165) is 4.90 Å². The molecule has 1 atom stereocenters. The van der Waals surface area contributed by atoms with Crippen LogP contribution in [0, 0.1) is 0 Å². The lowest BCUT2D eigenvalue weighted by atomic mass is 10.0. The van der Waals surface area contributed by atoms with Crippen LogP contribution in [0.1, 0.15) is 19.8 Å². The quantitative estimate of drug-likeness (QED) is 0.698. The van der Waals surface area contributed by atoms with E-state index >= 15 is 0 Å². The maximum Gasteiger partial charge on any atom is 0.315 e. The van der Waals surface area contributed by atoms with Gasteiger partial charge < -0.3 is 10.0 Å². The van der Waals surface area contributed by atoms with E-state index in [0.29, 0.717) is 12.8 Å². The number of carbonyl (C=O) groups is 1. The number of halogens is 2. The van der Waals surface area contributed by atoms with E-state index in [-0.39, 0.29) is 13.1 Å². The Kier molecular flexibility index (Phi) is 2.85. The molecule has 0 aromatic heterocycles. The third-order valence-corrected chi connectivity index (χ3v) is 2.49. The SMILES string of the molecule is CCC1(O)CCN(C(=O)C(F)F)C1. The molecule has 5 heteroatoms. The number of β-amino-alcohol motifs (C(OH)–C–C–N with tert-alkyl or cyclic N) is 1. The number of hydrogen-bond acceptors (Lipinski definition) is 2. The van der Waals surface area contributed by atoms with Crippen LogP contribution in [0.4, 0.5) is 8.78 Å². The molecule has 1 aliphatic heterocycles. The molecular formula is C8H13F2NO2. The second-order valence-electron chi connectivity index (χ2n) is 3.39. The van der Waals surface area contributed by atoms with Crippen molar-refractivity contribution in [1.82, 2.24) is 4.90 Å². The van der Waals surface area contributed by atoms with Gasteiger partial charge in [-0.1, -0.05) is 6.92 Å². The van der Waals surface area contributed by atoms with Gasteiger partial charge in [0.2, 0.25) is 0 Å². The summed E-state index contributed by atoms with van der Waals surface area (Å²) in [5, 5.41) is 9.66. The van der Waals surface area contributed by atoms with Gasteiger partial charge in [-0.15, -0.1) is 0 Å². The fraction of sp³-hybridized carbons (Fsp3) is 0.875. The number of carbonyl (C=O) groups excluding carboxylic acids is 1. The van der Waals surface area contributed by atoms with Gasteiger partial charge in [0.25, 0.3) is 5.91 Å². The fourth-order valence-electron chi connectivity index (χ4n) is 1.47. The summed E-state index contributed by atoms with van der Waals surface area (Å²) in [7, 11) is 0. The Morgan fingerprint density at radius 2 is 2.31 bits per heavy atom. The van der Waals surface area contributed by atoms with E-state index in [1.807, 2.05) is 0 Å². The summed E-state index contributed by atoms with van der Waals surface area (Å²) in [4.78, 5) is 11.8. The lowest BCUT2D eigenvalue weighted by Gasteiger charge is -2.21. The van der Waals surface area contributed by atoms with Gasteiger partial charge in [0.15, 0.2) is 0 Å². The van der Waals surface area contributed by atoms with Crippen molar-refractivity contribution in [1.29, 1.82) is 0 Å². The molecule has 1 fully saturated rings. The third kappa shape index (κ3) is 2.15. The molecular weight excluding hydrogens is 180 g/mol. The Bertz CT molecular complexity index is 210. The van der Waals surface area contributed by atoms with Crippen LogP contribution in [0.3, 0.4) is 0 Å². The average molecular weight is 193 g/mol. The molecule has 1 heterocycles. The largest absolute Gasteiger partial charge is 0.388 e. The van der Waals surface area contributed by atoms with Crippen molar-refractivity contribution < 1.29 is 18.7 Å². The van der Waals surface area contributed by atoms with Gasteiger partial charge in [-0.05, 0) is 12.8 Å². The highest BCUT2D eigenvalue weighted by atomic mass is 19.3. The molecule has 1 unspecified atom stereocenters. The van der Waals surface area contributed by atoms with Crippen molar-refractivity contribution in [3.8, 4) is 0 Å². The number of alkyl halides is 2. The van der Waals surface area contributed by atoms with Crippen molar-refractivity contribution in [2.45, 2.75) is 31.8 Å². The first-order valence-electron chi connectivity index (χ1n) is 4.28. The second kappa shape index (κ2) is 3.57. The van der Waals surface area contributed by atoms with Crippen LogP contribution in [0.2, 0.25) is 0 Å². The Morgan fingerprint density at radius 1 is 1.69 bits per heavy atom. The minimum Gasteiger partial charge on any atom is -0.388 e. The van der Waals surface area contributed by atoms with Crippen LogP contribution in [-0.2, 0) is 4.79 Å². The van der Waals surface area contributed by atoms with Gasteiger partial charge in [-0.2, -0.15) is 8.78 Å². The lowest BCUT2D eigenvalue weighted by molar-refractivity contribution is -0.142. The summed E-state index contributed by atoms with van der Waals surface area (Å²) in [6.07, 6.45) is -2.08. The average Bonchev–Trinajstić information content (AvgIpc) is 2.47. The molecule has 0 aromatic carbocycles. The van der Waals surface area contributed by atoms with Gasteiger partial charge in [-0.3, -0.25) is 4.79 Å². The van der Waals surface area contributed by atoms with Crippen LogP contribution in [0.5, 0.6) is 0 Å². The highest BCUT2D eigenvalue weighted by Crippen LogP contribution is 2.25. The normalized spacial score (nSPS) is 28.5. The van der Waals surface area contributed by atoms with Gasteiger partial charge in [0.05, 0.1) is 5.60 Å². The molecule has 13 heavy (non-hydrogen) atoms. The number of aliphatic hydroxyl groups is 1. The Labute approximate surface area is 75.3 Å². The van der Waals surface area contributed by atoms with Crippen molar-refractivity contribution in [3.63, 3.8) is 0 Å². The first kappa shape index (κ1) is 10.4. The molecule has 1 aliphatic rings. The number of hydrogen-bond donors (Lipinski definition) is 1. The topological polar surface area (TPSA) is 40.5 Å². The molecule has 1 amide bonds. The summed E-state index contributed by atoms with van der Waals surface area (Å²) in [5.41, 5.74) is -0.954. The minimum atomic E-state index is -2.96. The summed E-state index contributed by atoms with van der Waals surface area (Å²) in [5.74, 6) is -1.18. The second-order valence-corrected chi connectivity index (χ2v) is 3.39. The standard InChI is InChI=1S/C8H13F2NO2/c1-2-8(13)3-4-11(5-8)7(12)6(9)10/h6,13H,2-5H2,1H3. The molecule has 1 saturated heterocycles. The van der Waals surface area contributed by atoms with E-state index in [9.17, 15) is 18.7 Å². The highest BCUT2D eigenvalue weighted by molar-refractivity contribution is 5.79. The van der Waals surface area contributed by atoms with Crippen molar-refractivity contribution in [2.24, 2.45) is 0 Å². The first-order chi connectivity index (χ1) is 5.98. The zero-order valence-corrected chi connectivity index (χ0v) is 7.46. The molecule has 0 radical (unpaired) electrons. The Balaban J connectivity index is 2.55. The first-order valence-corrected chi connectivity index (χ1v) is 4.28. The molecule has 0 aliphatic carbocycles. The number of likely N-dealkylation sites (tertiary alicyclic amines) is 1. The van der Waals surface area contributed by atoms with Crippen molar-refractivity contribution in [3.05, 3.63) is 0 Å². The molecule has 0 saturated carbocycles. The zero-order chi connectivity index (χ0) is 10.1. The van der Waals surface area contributed by atoms with E-state index in [1.54, 1.807) is 6.92 Å². The zero-order valence-electron chi connectivity index (χ0n) is 7.46. The predicted octanol–water partition coefficient (Wildman–Crippen LogP) is 0.625. The van der Waals surface area contributed by atoms with Gasteiger partial charge >= 0.3 is 6.43 Å². The summed E-state index contributed by atoms with van der Waals surface area (Å²) in [6.45, 7) is 2.04. The monoisotopic (exact) mass is 193 g/mol. The maximum absolute atomic E-state index is 12.0. The van der Waals surface area contributed by atoms with E-state index in [4.69, 9.17) is 0 Å². The molecule has 0 spiro atoms. The molecule has 1 rings (SSSR count). The van der Waals surface area contributed by atoms with E-state index in [1.165, 1.54) is 0 Å². The predicted molar refractivity (Wildman–Crippen MR) is 42.4 cm³/mol. The maximum atomic E-state index is 12.0. The van der Waals surface area contributed by atoms with Crippen LogP contribution in [0.15, 0.2) is 0 Å². The number of rotatable bonds is 2. The van der Waals surface area contributed by atoms with Crippen molar-refractivity contribution >= 4 is 5.91 Å². The van der Waals surface area contributed by atoms with Gasteiger partial charge in [0.1, 0.15) is 0 Å². The summed E-state index contributed by atoms with van der Waals surface area (Å²) >= 11 is 0. The van der Waals surface area contributed by atoms with E-state index in [2.05, 4.69) is 0 Å². The molecule has 0 bridgehead atoms. The minimum absolute atomic E-state index is 0.0344. The number of amides is 1. The molecule has 1 N–H and O–H groups in total. The van der Waals surface area contributed by atoms with Gasteiger partial charge in [0, 0.05) is 13.1 Å².